The molecule has 2 unspecified atom stereocenters. The number of benzene rings is 2. The summed E-state index contributed by atoms with van der Waals surface area (Å²) in [4.78, 5) is 0. The molecule has 1 saturated heterocycles. The van der Waals surface area contributed by atoms with Gasteiger partial charge in [0.15, 0.2) is 11.6 Å². The topological polar surface area (TPSA) is 42.0 Å². The van der Waals surface area contributed by atoms with Crippen LogP contribution < -0.4 is 4.74 Å². The van der Waals surface area contributed by atoms with Gasteiger partial charge in [-0.2, -0.15) is 4.39 Å². The molecule has 6 heteroatoms. The number of hydrogen-bond donors (Lipinski definition) is 1. The minimum atomic E-state index is -0.902. The van der Waals surface area contributed by atoms with E-state index < -0.39 is 11.6 Å². The van der Waals surface area contributed by atoms with Gasteiger partial charge in [0.25, 0.3) is 0 Å². The number of ether oxygens (including phenoxy) is 2. The Morgan fingerprint density at radius 3 is 2.19 bits per heavy atom. The Kier molecular flexibility index (Phi) is 8.45. The number of aliphatic hydroxyl groups is 1. The number of aliphatic hydroxyl groups excluding tert-OH is 1. The van der Waals surface area contributed by atoms with Gasteiger partial charge in [-0.1, -0.05) is 31.5 Å². The van der Waals surface area contributed by atoms with Crippen molar-refractivity contribution in [3.05, 3.63) is 64.5 Å². The van der Waals surface area contributed by atoms with E-state index in [1.54, 1.807) is 18.2 Å². The zero-order chi connectivity index (χ0) is 25.9. The second kappa shape index (κ2) is 11.8. The second-order valence-electron chi connectivity index (χ2n) is 11.4. The molecule has 1 aliphatic heterocycles. The molecule has 5 rings (SSSR count). The molecule has 2 aromatic rings. The molecule has 3 aliphatic rings. The van der Waals surface area contributed by atoms with Crippen LogP contribution >= 0.6 is 0 Å². The average molecular weight is 517 g/mol. The van der Waals surface area contributed by atoms with E-state index in [9.17, 15) is 18.3 Å². The highest BCUT2D eigenvalue weighted by atomic mass is 19.2. The Hall–Kier alpha value is -2.05. The molecule has 1 N–H and O–H groups in total. The van der Waals surface area contributed by atoms with Gasteiger partial charge in [0, 0.05) is 0 Å². The Balaban J connectivity index is 1.12. The molecule has 0 aromatic heterocycles. The molecule has 0 amide bonds. The summed E-state index contributed by atoms with van der Waals surface area (Å²) >= 11 is 0. The van der Waals surface area contributed by atoms with Crippen LogP contribution in [0.25, 0.3) is 0 Å². The average Bonchev–Trinajstić information content (AvgIpc) is 3.76. The first kappa shape index (κ1) is 26.6. The third kappa shape index (κ3) is 6.17. The van der Waals surface area contributed by atoms with Crippen LogP contribution in [0.15, 0.2) is 30.3 Å². The molecular formula is C31H39F3O3. The van der Waals surface area contributed by atoms with Crippen LogP contribution in [0.4, 0.5) is 13.2 Å². The van der Waals surface area contributed by atoms with Crippen LogP contribution in [-0.4, -0.2) is 24.4 Å². The molecule has 2 aliphatic carbocycles. The number of hydrogen-bond acceptors (Lipinski definition) is 3. The third-order valence-corrected chi connectivity index (χ3v) is 8.91. The molecule has 0 spiro atoms. The Bertz CT molecular complexity index is 1050. The first-order valence-electron chi connectivity index (χ1n) is 14.1. The van der Waals surface area contributed by atoms with Crippen molar-refractivity contribution in [3.8, 4) is 5.75 Å². The maximum absolute atomic E-state index is 15.0. The highest BCUT2D eigenvalue weighted by Crippen LogP contribution is 2.41. The van der Waals surface area contributed by atoms with Crippen molar-refractivity contribution < 1.29 is 27.8 Å². The van der Waals surface area contributed by atoms with Crippen molar-refractivity contribution >= 4 is 0 Å². The monoisotopic (exact) mass is 516 g/mol. The predicted octanol–water partition coefficient (Wildman–Crippen LogP) is 7.96. The fraction of sp³-hybridized carbons (Fsp3) is 0.613. The van der Waals surface area contributed by atoms with E-state index in [0.717, 1.165) is 75.3 Å². The molecule has 2 atom stereocenters. The van der Waals surface area contributed by atoms with Gasteiger partial charge in [-0.05, 0) is 110 Å². The van der Waals surface area contributed by atoms with E-state index in [1.165, 1.54) is 0 Å². The zero-order valence-electron chi connectivity index (χ0n) is 21.7. The Morgan fingerprint density at radius 2 is 1.54 bits per heavy atom. The highest BCUT2D eigenvalue weighted by molar-refractivity contribution is 5.34. The van der Waals surface area contributed by atoms with Gasteiger partial charge in [0.2, 0.25) is 5.82 Å². The predicted molar refractivity (Wildman–Crippen MR) is 137 cm³/mol. The van der Waals surface area contributed by atoms with Gasteiger partial charge in [-0.15, -0.1) is 0 Å². The summed E-state index contributed by atoms with van der Waals surface area (Å²) in [5.74, 6) is -1.22. The fourth-order valence-corrected chi connectivity index (χ4v) is 6.48. The smallest absolute Gasteiger partial charge is 0.200 e. The fourth-order valence-electron chi connectivity index (χ4n) is 6.48. The lowest BCUT2D eigenvalue weighted by Crippen LogP contribution is -2.25. The summed E-state index contributed by atoms with van der Waals surface area (Å²) in [5, 5.41) is 10.3. The molecule has 37 heavy (non-hydrogen) atoms. The van der Waals surface area contributed by atoms with Gasteiger partial charge in [0.1, 0.15) is 11.9 Å². The number of halogens is 3. The van der Waals surface area contributed by atoms with E-state index in [0.29, 0.717) is 18.8 Å². The van der Waals surface area contributed by atoms with Crippen molar-refractivity contribution in [2.24, 2.45) is 11.8 Å². The molecule has 0 bridgehead atoms. The van der Waals surface area contributed by atoms with E-state index in [4.69, 9.17) is 9.47 Å². The van der Waals surface area contributed by atoms with Crippen LogP contribution in [-0.2, 0) is 4.74 Å². The van der Waals surface area contributed by atoms with Gasteiger partial charge < -0.3 is 14.6 Å². The van der Waals surface area contributed by atoms with E-state index in [1.807, 2.05) is 12.1 Å². The lowest BCUT2D eigenvalue weighted by Gasteiger charge is -2.32. The van der Waals surface area contributed by atoms with E-state index in [2.05, 4.69) is 6.92 Å². The maximum Gasteiger partial charge on any atom is 0.200 e. The Morgan fingerprint density at radius 1 is 0.892 bits per heavy atom. The summed E-state index contributed by atoms with van der Waals surface area (Å²) in [5.41, 5.74) is 2.10. The summed E-state index contributed by atoms with van der Waals surface area (Å²) < 4.78 is 55.6. The molecule has 3 nitrogen and oxygen atoms in total. The van der Waals surface area contributed by atoms with Gasteiger partial charge in [0.05, 0.1) is 19.3 Å². The van der Waals surface area contributed by atoms with Gasteiger partial charge >= 0.3 is 0 Å². The summed E-state index contributed by atoms with van der Waals surface area (Å²) in [6, 6.07) is 8.71. The molecular weight excluding hydrogens is 477 g/mol. The minimum absolute atomic E-state index is 0.0184. The van der Waals surface area contributed by atoms with Crippen molar-refractivity contribution in [2.75, 3.05) is 13.2 Å². The molecule has 3 fully saturated rings. The summed E-state index contributed by atoms with van der Waals surface area (Å²) in [6.07, 6.45) is 8.18. The van der Waals surface area contributed by atoms with Crippen LogP contribution in [0.5, 0.6) is 5.75 Å². The standard InChI is InChI=1S/C31H39F3O3/c1-2-3-27(35)22-10-8-21(9-11-22)25-14-15-28(31(34)30(25)33)36-17-19-4-6-20(7-5-19)24-13-12-23(16-26(24)32)29-18-37-29/h12-16,19-22,27,29,35H,2-11,17-18H2,1H3. The van der Waals surface area contributed by atoms with Crippen molar-refractivity contribution in [1.29, 1.82) is 0 Å². The lowest BCUT2D eigenvalue weighted by atomic mass is 9.76. The molecule has 2 saturated carbocycles. The summed E-state index contributed by atoms with van der Waals surface area (Å²) in [6.45, 7) is 3.07. The van der Waals surface area contributed by atoms with Crippen LogP contribution in [0, 0.1) is 29.3 Å². The van der Waals surface area contributed by atoms with Gasteiger partial charge in [-0.3, -0.25) is 0 Å². The molecule has 2 aromatic carbocycles. The lowest BCUT2D eigenvalue weighted by molar-refractivity contribution is 0.0727. The van der Waals surface area contributed by atoms with Crippen LogP contribution in [0.1, 0.15) is 106 Å². The zero-order valence-corrected chi connectivity index (χ0v) is 21.7. The van der Waals surface area contributed by atoms with Crippen LogP contribution in [0.2, 0.25) is 0 Å². The SMILES string of the molecule is CCCC(O)C1CCC(c2ccc(OCC3CCC(c4ccc(C5CO5)cc4F)CC3)c(F)c2F)CC1. The third-order valence-electron chi connectivity index (χ3n) is 8.91. The van der Waals surface area contributed by atoms with Crippen molar-refractivity contribution in [1.82, 2.24) is 0 Å². The molecule has 202 valence electrons. The number of epoxide rings is 1. The molecule has 1 heterocycles. The second-order valence-corrected chi connectivity index (χ2v) is 11.4. The van der Waals surface area contributed by atoms with E-state index >= 15 is 0 Å². The molecule has 0 radical (unpaired) electrons. The Labute approximate surface area is 218 Å². The maximum atomic E-state index is 15.0. The summed E-state index contributed by atoms with van der Waals surface area (Å²) in [7, 11) is 0. The van der Waals surface area contributed by atoms with Crippen LogP contribution in [0.3, 0.4) is 0 Å². The van der Waals surface area contributed by atoms with E-state index in [-0.39, 0.29) is 47.4 Å². The first-order chi connectivity index (χ1) is 17.9. The first-order valence-corrected chi connectivity index (χ1v) is 14.1. The largest absolute Gasteiger partial charge is 0.490 e. The van der Waals surface area contributed by atoms with Crippen molar-refractivity contribution in [3.63, 3.8) is 0 Å². The van der Waals surface area contributed by atoms with Crippen molar-refractivity contribution in [2.45, 2.75) is 95.2 Å². The van der Waals surface area contributed by atoms with Gasteiger partial charge in [-0.25, -0.2) is 8.78 Å². The quantitative estimate of drug-likeness (QED) is 0.344. The number of rotatable bonds is 9. The minimum Gasteiger partial charge on any atom is -0.490 e. The normalized spacial score (nSPS) is 28.6. The highest BCUT2D eigenvalue weighted by Gasteiger charge is 2.31.